The SMILES string of the molecule is O=C(N/N=C/c1ccco1)C(=O)Nc1ccccc1C(=O)N1CCOCC1. The van der Waals surface area contributed by atoms with Gasteiger partial charge in [0.15, 0.2) is 0 Å². The number of hydrogen-bond donors (Lipinski definition) is 2. The molecule has 3 rings (SSSR count). The molecule has 9 nitrogen and oxygen atoms in total. The van der Waals surface area contributed by atoms with Gasteiger partial charge in [-0.1, -0.05) is 12.1 Å². The molecule has 1 fully saturated rings. The van der Waals surface area contributed by atoms with Crippen molar-refractivity contribution in [2.45, 2.75) is 0 Å². The molecule has 0 unspecified atom stereocenters. The molecule has 1 aliphatic heterocycles. The van der Waals surface area contributed by atoms with Gasteiger partial charge in [-0.05, 0) is 24.3 Å². The Hall–Kier alpha value is -3.46. The normalized spacial score (nSPS) is 14.1. The number of furan rings is 1. The Morgan fingerprint density at radius 1 is 1.04 bits per heavy atom. The minimum atomic E-state index is -0.966. The van der Waals surface area contributed by atoms with Crippen LogP contribution in [0.25, 0.3) is 0 Å². The second-order valence-electron chi connectivity index (χ2n) is 5.62. The van der Waals surface area contributed by atoms with Crippen LogP contribution >= 0.6 is 0 Å². The third kappa shape index (κ3) is 4.79. The number of amides is 3. The number of benzene rings is 1. The monoisotopic (exact) mass is 370 g/mol. The number of para-hydroxylation sites is 1. The van der Waals surface area contributed by atoms with Gasteiger partial charge in [-0.3, -0.25) is 14.4 Å². The summed E-state index contributed by atoms with van der Waals surface area (Å²) in [7, 11) is 0. The molecule has 1 saturated heterocycles. The highest BCUT2D eigenvalue weighted by atomic mass is 16.5. The summed E-state index contributed by atoms with van der Waals surface area (Å²) in [6.07, 6.45) is 2.72. The molecule has 0 atom stereocenters. The molecule has 0 radical (unpaired) electrons. The summed E-state index contributed by atoms with van der Waals surface area (Å²) in [6.45, 7) is 1.89. The van der Waals surface area contributed by atoms with E-state index in [1.165, 1.54) is 12.5 Å². The Bertz CT molecular complexity index is 841. The fraction of sp³-hybridized carbons (Fsp3) is 0.222. The summed E-state index contributed by atoms with van der Waals surface area (Å²) in [6, 6.07) is 9.82. The van der Waals surface area contributed by atoms with Crippen LogP contribution in [0.3, 0.4) is 0 Å². The van der Waals surface area contributed by atoms with Crippen molar-refractivity contribution in [1.82, 2.24) is 10.3 Å². The molecule has 9 heteroatoms. The van der Waals surface area contributed by atoms with E-state index in [9.17, 15) is 14.4 Å². The molecule has 2 N–H and O–H groups in total. The maximum Gasteiger partial charge on any atom is 0.329 e. The van der Waals surface area contributed by atoms with Gasteiger partial charge < -0.3 is 19.4 Å². The lowest BCUT2D eigenvalue weighted by Crippen LogP contribution is -2.41. The van der Waals surface area contributed by atoms with Gasteiger partial charge in [0, 0.05) is 13.1 Å². The summed E-state index contributed by atoms with van der Waals surface area (Å²) in [4.78, 5) is 38.3. The largest absolute Gasteiger partial charge is 0.463 e. The van der Waals surface area contributed by atoms with Crippen LogP contribution in [-0.4, -0.2) is 55.1 Å². The first-order valence-electron chi connectivity index (χ1n) is 8.29. The van der Waals surface area contributed by atoms with Gasteiger partial charge in [0.1, 0.15) is 5.76 Å². The zero-order valence-corrected chi connectivity index (χ0v) is 14.4. The van der Waals surface area contributed by atoms with Crippen LogP contribution in [0.1, 0.15) is 16.1 Å². The van der Waals surface area contributed by atoms with Gasteiger partial charge in [0.05, 0.1) is 36.9 Å². The van der Waals surface area contributed by atoms with Crippen LogP contribution in [0.2, 0.25) is 0 Å². The summed E-state index contributed by atoms with van der Waals surface area (Å²) in [5.41, 5.74) is 2.66. The van der Waals surface area contributed by atoms with Gasteiger partial charge in [-0.2, -0.15) is 5.10 Å². The van der Waals surface area contributed by atoms with Gasteiger partial charge in [-0.25, -0.2) is 5.43 Å². The fourth-order valence-electron chi connectivity index (χ4n) is 2.46. The number of nitrogens with one attached hydrogen (secondary N) is 2. The summed E-state index contributed by atoms with van der Waals surface area (Å²) in [5.74, 6) is -1.71. The molecule has 0 saturated carbocycles. The number of hydrogen-bond acceptors (Lipinski definition) is 6. The second-order valence-corrected chi connectivity index (χ2v) is 5.62. The van der Waals surface area contributed by atoms with E-state index in [4.69, 9.17) is 9.15 Å². The third-order valence-corrected chi connectivity index (χ3v) is 3.81. The zero-order valence-electron chi connectivity index (χ0n) is 14.4. The molecule has 2 aromatic rings. The Morgan fingerprint density at radius 3 is 2.56 bits per heavy atom. The van der Waals surface area contributed by atoms with Gasteiger partial charge in [-0.15, -0.1) is 0 Å². The lowest BCUT2D eigenvalue weighted by molar-refractivity contribution is -0.136. The Balaban J connectivity index is 1.63. The maximum atomic E-state index is 12.7. The second kappa shape index (κ2) is 8.77. The summed E-state index contributed by atoms with van der Waals surface area (Å²) >= 11 is 0. The van der Waals surface area contributed by atoms with E-state index < -0.39 is 11.8 Å². The van der Waals surface area contributed by atoms with Crippen molar-refractivity contribution in [3.63, 3.8) is 0 Å². The van der Waals surface area contributed by atoms with Gasteiger partial charge in [0.2, 0.25) is 0 Å². The van der Waals surface area contributed by atoms with Crippen LogP contribution in [-0.2, 0) is 14.3 Å². The summed E-state index contributed by atoms with van der Waals surface area (Å²) < 4.78 is 10.3. The van der Waals surface area contributed by atoms with E-state index in [0.29, 0.717) is 37.6 Å². The molecule has 1 aliphatic rings. The number of anilines is 1. The first-order chi connectivity index (χ1) is 13.1. The lowest BCUT2D eigenvalue weighted by atomic mass is 10.1. The number of rotatable bonds is 4. The number of carbonyl (C=O) groups is 3. The minimum absolute atomic E-state index is 0.231. The molecule has 2 heterocycles. The van der Waals surface area contributed by atoms with Crippen molar-refractivity contribution in [3.05, 3.63) is 54.0 Å². The summed E-state index contributed by atoms with van der Waals surface area (Å²) in [5, 5.41) is 6.09. The van der Waals surface area contributed by atoms with Gasteiger partial charge in [0.25, 0.3) is 5.91 Å². The molecule has 1 aromatic carbocycles. The topological polar surface area (TPSA) is 113 Å². The van der Waals surface area contributed by atoms with E-state index in [-0.39, 0.29) is 11.6 Å². The lowest BCUT2D eigenvalue weighted by Gasteiger charge is -2.27. The van der Waals surface area contributed by atoms with Crippen molar-refractivity contribution >= 4 is 29.6 Å². The minimum Gasteiger partial charge on any atom is -0.463 e. The van der Waals surface area contributed by atoms with E-state index in [2.05, 4.69) is 15.8 Å². The predicted molar refractivity (Wildman–Crippen MR) is 96.2 cm³/mol. The first-order valence-corrected chi connectivity index (χ1v) is 8.29. The van der Waals surface area contributed by atoms with Crippen molar-refractivity contribution in [3.8, 4) is 0 Å². The molecule has 0 aliphatic carbocycles. The molecule has 140 valence electrons. The van der Waals surface area contributed by atoms with Crippen LogP contribution in [0.15, 0.2) is 52.2 Å². The van der Waals surface area contributed by atoms with Gasteiger partial charge >= 0.3 is 11.8 Å². The van der Waals surface area contributed by atoms with E-state index in [0.717, 1.165) is 0 Å². The standard InChI is InChI=1S/C18H18N4O5/c23-16(17(24)21-19-12-13-4-3-9-27-13)20-15-6-2-1-5-14(15)18(25)22-7-10-26-11-8-22/h1-6,9,12H,7-8,10-11H2,(H,20,23)(H,21,24)/b19-12+. The highest BCUT2D eigenvalue weighted by Crippen LogP contribution is 2.18. The smallest absolute Gasteiger partial charge is 0.329 e. The molecular formula is C18H18N4O5. The first kappa shape index (κ1) is 18.3. The van der Waals surface area contributed by atoms with E-state index >= 15 is 0 Å². The van der Waals surface area contributed by atoms with Crippen molar-refractivity contribution in [2.24, 2.45) is 5.10 Å². The van der Waals surface area contributed by atoms with Crippen LogP contribution in [0.4, 0.5) is 5.69 Å². The number of nitrogens with zero attached hydrogens (tertiary/aromatic N) is 2. The Labute approximate surface area is 155 Å². The Morgan fingerprint density at radius 2 is 1.81 bits per heavy atom. The molecule has 1 aromatic heterocycles. The average molecular weight is 370 g/mol. The fourth-order valence-corrected chi connectivity index (χ4v) is 2.46. The number of ether oxygens (including phenoxy) is 1. The quantitative estimate of drug-likeness (QED) is 0.470. The number of hydrazone groups is 1. The highest BCUT2D eigenvalue weighted by molar-refractivity contribution is 6.40. The molecule has 0 spiro atoms. The van der Waals surface area contributed by atoms with E-state index in [1.54, 1.807) is 41.3 Å². The number of morpholine rings is 1. The number of carbonyl (C=O) groups excluding carboxylic acids is 3. The Kier molecular flexibility index (Phi) is 5.95. The average Bonchev–Trinajstić information content (AvgIpc) is 3.22. The molecule has 3 amide bonds. The van der Waals surface area contributed by atoms with Crippen molar-refractivity contribution < 1.29 is 23.5 Å². The highest BCUT2D eigenvalue weighted by Gasteiger charge is 2.22. The third-order valence-electron chi connectivity index (χ3n) is 3.81. The van der Waals surface area contributed by atoms with Crippen LogP contribution in [0.5, 0.6) is 0 Å². The zero-order chi connectivity index (χ0) is 19.1. The van der Waals surface area contributed by atoms with E-state index in [1.807, 2.05) is 0 Å². The maximum absolute atomic E-state index is 12.7. The van der Waals surface area contributed by atoms with Crippen LogP contribution < -0.4 is 10.7 Å². The molecule has 0 bridgehead atoms. The van der Waals surface area contributed by atoms with Crippen molar-refractivity contribution in [1.29, 1.82) is 0 Å². The van der Waals surface area contributed by atoms with Crippen LogP contribution in [0, 0.1) is 0 Å². The predicted octanol–water partition coefficient (Wildman–Crippen LogP) is 0.841. The van der Waals surface area contributed by atoms with Crippen molar-refractivity contribution in [2.75, 3.05) is 31.6 Å². The molecular weight excluding hydrogens is 352 g/mol. The molecule has 27 heavy (non-hydrogen) atoms.